The summed E-state index contributed by atoms with van der Waals surface area (Å²) in [5, 5.41) is 15.5. The number of likely N-dealkylation sites (tertiary alicyclic amines) is 1. The molecule has 0 aliphatic carbocycles. The summed E-state index contributed by atoms with van der Waals surface area (Å²) in [6, 6.07) is 13.4. The van der Waals surface area contributed by atoms with Crippen molar-refractivity contribution in [2.45, 2.75) is 45.1 Å². The van der Waals surface area contributed by atoms with Gasteiger partial charge in [0.05, 0.1) is 18.3 Å². The van der Waals surface area contributed by atoms with Gasteiger partial charge in [-0.05, 0) is 49.4 Å². The minimum absolute atomic E-state index is 0.0904. The molecule has 0 spiro atoms. The van der Waals surface area contributed by atoms with Crippen LogP contribution in [0.4, 0.5) is 10.2 Å². The molecule has 3 N–H and O–H groups in total. The van der Waals surface area contributed by atoms with E-state index in [1.165, 1.54) is 13.2 Å². The number of aliphatic hydroxyl groups excluding tert-OH is 1. The zero-order valence-corrected chi connectivity index (χ0v) is 21.3. The number of H-pyrrole nitrogens is 1. The van der Waals surface area contributed by atoms with E-state index in [4.69, 9.17) is 9.72 Å². The fourth-order valence-electron chi connectivity index (χ4n) is 5.34. The molecule has 2 aromatic carbocycles. The number of nitrogens with zero attached hydrogens (tertiary/aromatic N) is 2. The topological polar surface area (TPSA) is 90.5 Å². The number of hydrogen-bond acceptors (Lipinski definition) is 5. The molecule has 3 heterocycles. The number of para-hydroxylation sites is 1. The summed E-state index contributed by atoms with van der Waals surface area (Å²) in [5.41, 5.74) is 4.64. The number of anilines is 1. The number of aliphatic hydroxyl groups is 1. The highest BCUT2D eigenvalue weighted by molar-refractivity contribution is 6.11. The molecular weight excluding hydrogens is 471 g/mol. The largest absolute Gasteiger partial charge is 0.494 e. The molecule has 7 nitrogen and oxygen atoms in total. The number of benzene rings is 2. The standard InChI is InChI=1S/C29H33FN4O3/c1-18(36)34-13-11-20(12-14-34)31-29-22(7-5-15-35)27-21-6-3-4-8-24(21)32-28(27)25(33-29)17-19-9-10-26(37-2)23(30)16-19/h3-4,6,8-10,16,20,32,35H,5,7,11-15,17H2,1-2H3,(H,31,33). The van der Waals surface area contributed by atoms with E-state index in [0.29, 0.717) is 32.4 Å². The maximum absolute atomic E-state index is 14.5. The minimum Gasteiger partial charge on any atom is -0.494 e. The lowest BCUT2D eigenvalue weighted by molar-refractivity contribution is -0.129. The lowest BCUT2D eigenvalue weighted by Gasteiger charge is -2.32. The van der Waals surface area contributed by atoms with Crippen LogP contribution >= 0.6 is 0 Å². The van der Waals surface area contributed by atoms with E-state index in [1.807, 2.05) is 29.2 Å². The number of aryl methyl sites for hydroxylation is 1. The molecule has 1 saturated heterocycles. The van der Waals surface area contributed by atoms with Crippen molar-refractivity contribution in [3.05, 3.63) is 65.1 Å². The molecule has 4 aromatic rings. The van der Waals surface area contributed by atoms with Crippen LogP contribution in [0.15, 0.2) is 42.5 Å². The van der Waals surface area contributed by atoms with Crippen molar-refractivity contribution in [1.29, 1.82) is 0 Å². The molecule has 1 aliphatic heterocycles. The second-order valence-corrected chi connectivity index (χ2v) is 9.70. The molecule has 0 atom stereocenters. The third kappa shape index (κ3) is 5.11. The van der Waals surface area contributed by atoms with E-state index in [0.717, 1.165) is 57.3 Å². The summed E-state index contributed by atoms with van der Waals surface area (Å²) < 4.78 is 19.6. The predicted molar refractivity (Wildman–Crippen MR) is 144 cm³/mol. The van der Waals surface area contributed by atoms with Gasteiger partial charge in [0.2, 0.25) is 5.91 Å². The molecule has 1 amide bonds. The fourth-order valence-corrected chi connectivity index (χ4v) is 5.34. The van der Waals surface area contributed by atoms with Crippen LogP contribution in [0.3, 0.4) is 0 Å². The van der Waals surface area contributed by atoms with Crippen LogP contribution in [0.2, 0.25) is 0 Å². The van der Waals surface area contributed by atoms with Crippen LogP contribution in [0, 0.1) is 5.82 Å². The van der Waals surface area contributed by atoms with E-state index in [9.17, 15) is 14.3 Å². The van der Waals surface area contributed by atoms with Crippen LogP contribution in [0.5, 0.6) is 5.75 Å². The molecule has 1 aliphatic rings. The van der Waals surface area contributed by atoms with Gasteiger partial charge in [0.25, 0.3) is 0 Å². The Morgan fingerprint density at radius 2 is 2.03 bits per heavy atom. The lowest BCUT2D eigenvalue weighted by Crippen LogP contribution is -2.41. The van der Waals surface area contributed by atoms with Crippen LogP contribution in [0.1, 0.15) is 43.0 Å². The highest BCUT2D eigenvalue weighted by Crippen LogP contribution is 2.36. The molecule has 5 rings (SSSR count). The van der Waals surface area contributed by atoms with Crippen molar-refractivity contribution in [3.8, 4) is 5.75 Å². The number of ether oxygens (including phenoxy) is 1. The van der Waals surface area contributed by atoms with E-state index < -0.39 is 5.82 Å². The molecule has 37 heavy (non-hydrogen) atoms. The first-order valence-electron chi connectivity index (χ1n) is 12.9. The Morgan fingerprint density at radius 3 is 2.73 bits per heavy atom. The number of carbonyl (C=O) groups is 1. The number of piperidine rings is 1. The second kappa shape index (κ2) is 10.8. The van der Waals surface area contributed by atoms with Crippen molar-refractivity contribution >= 4 is 33.5 Å². The van der Waals surface area contributed by atoms with Crippen molar-refractivity contribution < 1.29 is 19.0 Å². The predicted octanol–water partition coefficient (Wildman–Crippen LogP) is 4.80. The van der Waals surface area contributed by atoms with Gasteiger partial charge in [-0.1, -0.05) is 24.3 Å². The van der Waals surface area contributed by atoms with Gasteiger partial charge in [-0.3, -0.25) is 4.79 Å². The van der Waals surface area contributed by atoms with Gasteiger partial charge < -0.3 is 25.0 Å². The number of rotatable bonds is 8. The zero-order chi connectivity index (χ0) is 25.9. The third-order valence-corrected chi connectivity index (χ3v) is 7.28. The third-order valence-electron chi connectivity index (χ3n) is 7.28. The van der Waals surface area contributed by atoms with Crippen LogP contribution < -0.4 is 10.1 Å². The SMILES string of the molecule is COc1ccc(Cc2nc(NC3CCN(C(C)=O)CC3)c(CCCO)c3c2[nH]c2ccccc23)cc1F. The molecule has 194 valence electrons. The smallest absolute Gasteiger partial charge is 0.219 e. The van der Waals surface area contributed by atoms with Crippen LogP contribution in [0.25, 0.3) is 21.8 Å². The van der Waals surface area contributed by atoms with Crippen LogP contribution in [-0.2, 0) is 17.6 Å². The Morgan fingerprint density at radius 1 is 1.24 bits per heavy atom. The van der Waals surface area contributed by atoms with Gasteiger partial charge in [0.15, 0.2) is 11.6 Å². The number of aromatic amines is 1. The summed E-state index contributed by atoms with van der Waals surface area (Å²) in [4.78, 5) is 22.3. The molecular formula is C29H33FN4O3. The van der Waals surface area contributed by atoms with Crippen molar-refractivity contribution in [1.82, 2.24) is 14.9 Å². The molecule has 0 bridgehead atoms. The minimum atomic E-state index is -0.400. The summed E-state index contributed by atoms with van der Waals surface area (Å²) in [7, 11) is 1.46. The van der Waals surface area contributed by atoms with E-state index in [2.05, 4.69) is 16.4 Å². The van der Waals surface area contributed by atoms with E-state index >= 15 is 0 Å². The highest BCUT2D eigenvalue weighted by atomic mass is 19.1. The first-order chi connectivity index (χ1) is 18.0. The van der Waals surface area contributed by atoms with Gasteiger partial charge in [-0.15, -0.1) is 0 Å². The van der Waals surface area contributed by atoms with Gasteiger partial charge >= 0.3 is 0 Å². The first kappa shape index (κ1) is 25.0. The average Bonchev–Trinajstić information content (AvgIpc) is 3.29. The van der Waals surface area contributed by atoms with Gasteiger partial charge in [-0.2, -0.15) is 0 Å². The number of nitrogens with one attached hydrogen (secondary N) is 2. The lowest BCUT2D eigenvalue weighted by atomic mass is 9.98. The Balaban J connectivity index is 1.60. The number of carbonyl (C=O) groups excluding carboxylic acids is 1. The number of methoxy groups -OCH3 is 1. The average molecular weight is 505 g/mol. The van der Waals surface area contributed by atoms with Crippen molar-refractivity contribution in [3.63, 3.8) is 0 Å². The maximum Gasteiger partial charge on any atom is 0.219 e. The molecule has 0 saturated carbocycles. The molecule has 0 radical (unpaired) electrons. The summed E-state index contributed by atoms with van der Waals surface area (Å²) in [6.45, 7) is 3.13. The number of pyridine rings is 1. The zero-order valence-electron chi connectivity index (χ0n) is 21.3. The molecule has 8 heteroatoms. The molecule has 1 fully saturated rings. The summed E-state index contributed by atoms with van der Waals surface area (Å²) in [5.74, 6) is 0.722. The van der Waals surface area contributed by atoms with Gasteiger partial charge in [-0.25, -0.2) is 9.37 Å². The van der Waals surface area contributed by atoms with Gasteiger partial charge in [0.1, 0.15) is 5.82 Å². The maximum atomic E-state index is 14.5. The summed E-state index contributed by atoms with van der Waals surface area (Å²) in [6.07, 6.45) is 3.42. The number of amides is 1. The number of aromatic nitrogens is 2. The quantitative estimate of drug-likeness (QED) is 0.321. The Hall–Kier alpha value is -3.65. The highest BCUT2D eigenvalue weighted by Gasteiger charge is 2.24. The molecule has 0 unspecified atom stereocenters. The Kier molecular flexibility index (Phi) is 7.28. The van der Waals surface area contributed by atoms with Crippen LogP contribution in [-0.4, -0.2) is 58.7 Å². The number of fused-ring (bicyclic) bond motifs is 3. The van der Waals surface area contributed by atoms with Gasteiger partial charge in [0, 0.05) is 60.9 Å². The Labute approximate surface area is 215 Å². The van der Waals surface area contributed by atoms with E-state index in [-0.39, 0.29) is 24.3 Å². The monoisotopic (exact) mass is 504 g/mol. The second-order valence-electron chi connectivity index (χ2n) is 9.70. The fraction of sp³-hybridized carbons (Fsp3) is 0.379. The van der Waals surface area contributed by atoms with Crippen molar-refractivity contribution in [2.24, 2.45) is 0 Å². The van der Waals surface area contributed by atoms with Crippen molar-refractivity contribution in [2.75, 3.05) is 32.1 Å². The summed E-state index contributed by atoms with van der Waals surface area (Å²) >= 11 is 0. The molecule has 2 aromatic heterocycles. The normalized spacial score (nSPS) is 14.4. The van der Waals surface area contributed by atoms with E-state index in [1.54, 1.807) is 13.0 Å². The number of halogens is 1. The number of hydrogen-bond donors (Lipinski definition) is 3. The Bertz CT molecular complexity index is 1430. The first-order valence-corrected chi connectivity index (χ1v) is 12.9.